The molecular formula is C16H19NO2S2. The predicted molar refractivity (Wildman–Crippen MR) is 88.6 cm³/mol. The fraction of sp³-hybridized carbons (Fsp3) is 0.438. The van der Waals surface area contributed by atoms with Crippen LogP contribution in [0.4, 0.5) is 5.00 Å². The van der Waals surface area contributed by atoms with Crippen molar-refractivity contribution in [2.45, 2.75) is 32.7 Å². The van der Waals surface area contributed by atoms with Crippen LogP contribution in [-0.4, -0.2) is 17.6 Å². The Morgan fingerprint density at radius 2 is 1.95 bits per heavy atom. The van der Waals surface area contributed by atoms with E-state index in [1.807, 2.05) is 0 Å². The van der Waals surface area contributed by atoms with Gasteiger partial charge in [0.05, 0.1) is 17.0 Å². The van der Waals surface area contributed by atoms with Crippen LogP contribution < -0.4 is 4.90 Å². The van der Waals surface area contributed by atoms with Crippen LogP contribution >= 0.6 is 22.7 Å². The number of aryl methyl sites for hydroxylation is 2. The van der Waals surface area contributed by atoms with E-state index in [0.717, 1.165) is 19.4 Å². The van der Waals surface area contributed by atoms with Crippen molar-refractivity contribution in [2.75, 3.05) is 11.4 Å². The van der Waals surface area contributed by atoms with Crippen molar-refractivity contribution >= 4 is 33.6 Å². The zero-order chi connectivity index (χ0) is 15.0. The van der Waals surface area contributed by atoms with Gasteiger partial charge in [-0.05, 0) is 60.7 Å². The predicted octanol–water partition coefficient (Wildman–Crippen LogP) is 4.47. The first-order chi connectivity index (χ1) is 10.1. The van der Waals surface area contributed by atoms with E-state index in [2.05, 4.69) is 41.6 Å². The zero-order valence-electron chi connectivity index (χ0n) is 12.2. The number of thiophene rings is 2. The Balaban J connectivity index is 2.01. The normalized spacial score (nSPS) is 22.5. The van der Waals surface area contributed by atoms with E-state index >= 15 is 0 Å². The number of nitrogens with zero attached hydrogens (tertiary/aromatic N) is 1. The molecule has 2 atom stereocenters. The molecule has 3 heterocycles. The lowest BCUT2D eigenvalue weighted by molar-refractivity contribution is -0.143. The molecule has 1 aliphatic rings. The van der Waals surface area contributed by atoms with Gasteiger partial charge < -0.3 is 10.0 Å². The SMILES string of the molecule is Cc1csc(C2C(C(=O)O)CCCN2c2cc(C)cs2)c1. The van der Waals surface area contributed by atoms with Crippen LogP contribution in [0.3, 0.4) is 0 Å². The van der Waals surface area contributed by atoms with Crippen molar-refractivity contribution in [3.8, 4) is 0 Å². The fourth-order valence-electron chi connectivity index (χ4n) is 3.03. The number of rotatable bonds is 3. The van der Waals surface area contributed by atoms with Gasteiger partial charge in [0, 0.05) is 11.4 Å². The summed E-state index contributed by atoms with van der Waals surface area (Å²) in [7, 11) is 0. The summed E-state index contributed by atoms with van der Waals surface area (Å²) in [4.78, 5) is 15.2. The molecule has 3 rings (SSSR count). The summed E-state index contributed by atoms with van der Waals surface area (Å²) in [6, 6.07) is 4.28. The zero-order valence-corrected chi connectivity index (χ0v) is 13.8. The smallest absolute Gasteiger partial charge is 0.308 e. The first-order valence-corrected chi connectivity index (χ1v) is 8.92. The highest BCUT2D eigenvalue weighted by molar-refractivity contribution is 7.14. The van der Waals surface area contributed by atoms with Crippen LogP contribution in [0.25, 0.3) is 0 Å². The average molecular weight is 321 g/mol. The third-order valence-electron chi connectivity index (χ3n) is 3.99. The first kappa shape index (κ1) is 14.6. The minimum atomic E-state index is -0.677. The van der Waals surface area contributed by atoms with E-state index in [1.54, 1.807) is 22.7 Å². The van der Waals surface area contributed by atoms with E-state index in [-0.39, 0.29) is 12.0 Å². The number of carboxylic acids is 1. The molecule has 0 saturated carbocycles. The second kappa shape index (κ2) is 5.81. The molecule has 5 heteroatoms. The molecule has 0 bridgehead atoms. The van der Waals surface area contributed by atoms with E-state index in [9.17, 15) is 9.90 Å². The maximum absolute atomic E-state index is 11.7. The molecule has 0 amide bonds. The molecule has 3 nitrogen and oxygen atoms in total. The van der Waals surface area contributed by atoms with Crippen LogP contribution in [0.1, 0.15) is 34.9 Å². The number of aliphatic carboxylic acids is 1. The molecular weight excluding hydrogens is 302 g/mol. The number of carboxylic acid groups (broad SMARTS) is 1. The molecule has 1 fully saturated rings. The largest absolute Gasteiger partial charge is 0.481 e. The Hall–Kier alpha value is -1.33. The summed E-state index contributed by atoms with van der Waals surface area (Å²) >= 11 is 3.39. The summed E-state index contributed by atoms with van der Waals surface area (Å²) in [5.41, 5.74) is 2.46. The summed E-state index contributed by atoms with van der Waals surface area (Å²) in [6.45, 7) is 5.09. The maximum Gasteiger partial charge on any atom is 0.308 e. The lowest BCUT2D eigenvalue weighted by Crippen LogP contribution is -2.41. The van der Waals surface area contributed by atoms with Crippen molar-refractivity contribution in [1.29, 1.82) is 0 Å². The van der Waals surface area contributed by atoms with Gasteiger partial charge in [0.1, 0.15) is 0 Å². The molecule has 0 radical (unpaired) electrons. The number of piperidine rings is 1. The van der Waals surface area contributed by atoms with Gasteiger partial charge in [0.2, 0.25) is 0 Å². The van der Waals surface area contributed by atoms with Crippen molar-refractivity contribution in [2.24, 2.45) is 5.92 Å². The summed E-state index contributed by atoms with van der Waals surface area (Å²) in [6.07, 6.45) is 1.70. The fourth-order valence-corrected chi connectivity index (χ4v) is 5.07. The van der Waals surface area contributed by atoms with Crippen molar-refractivity contribution in [3.63, 3.8) is 0 Å². The Morgan fingerprint density at radius 1 is 1.24 bits per heavy atom. The van der Waals surface area contributed by atoms with E-state index in [1.165, 1.54) is 21.0 Å². The van der Waals surface area contributed by atoms with Crippen LogP contribution in [0.2, 0.25) is 0 Å². The van der Waals surface area contributed by atoms with Gasteiger partial charge in [-0.3, -0.25) is 4.79 Å². The highest BCUT2D eigenvalue weighted by Gasteiger charge is 2.38. The van der Waals surface area contributed by atoms with Crippen LogP contribution in [0.15, 0.2) is 22.9 Å². The summed E-state index contributed by atoms with van der Waals surface area (Å²) in [5.74, 6) is -0.997. The van der Waals surface area contributed by atoms with E-state index in [0.29, 0.717) is 0 Å². The Kier molecular flexibility index (Phi) is 4.04. The van der Waals surface area contributed by atoms with Gasteiger partial charge in [-0.1, -0.05) is 0 Å². The minimum Gasteiger partial charge on any atom is -0.481 e. The van der Waals surface area contributed by atoms with Crippen molar-refractivity contribution < 1.29 is 9.90 Å². The highest BCUT2D eigenvalue weighted by Crippen LogP contribution is 2.43. The highest BCUT2D eigenvalue weighted by atomic mass is 32.1. The van der Waals surface area contributed by atoms with Gasteiger partial charge in [-0.2, -0.15) is 0 Å². The van der Waals surface area contributed by atoms with Gasteiger partial charge in [0.25, 0.3) is 0 Å². The number of hydrogen-bond donors (Lipinski definition) is 1. The monoisotopic (exact) mass is 321 g/mol. The third-order valence-corrected chi connectivity index (χ3v) is 6.20. The Labute approximate surface area is 132 Å². The van der Waals surface area contributed by atoms with Gasteiger partial charge in [-0.25, -0.2) is 0 Å². The average Bonchev–Trinajstić information content (AvgIpc) is 3.06. The topological polar surface area (TPSA) is 40.5 Å². The molecule has 0 spiro atoms. The molecule has 2 unspecified atom stereocenters. The third kappa shape index (κ3) is 2.85. The van der Waals surface area contributed by atoms with E-state index in [4.69, 9.17) is 0 Å². The Bertz CT molecular complexity index is 646. The number of anilines is 1. The molecule has 112 valence electrons. The molecule has 2 aromatic rings. The van der Waals surface area contributed by atoms with E-state index < -0.39 is 5.97 Å². The van der Waals surface area contributed by atoms with Gasteiger partial charge in [0.15, 0.2) is 0 Å². The molecule has 1 aliphatic heterocycles. The molecule has 1 N–H and O–H groups in total. The molecule has 0 aromatic carbocycles. The molecule has 21 heavy (non-hydrogen) atoms. The molecule has 0 aliphatic carbocycles. The molecule has 1 saturated heterocycles. The van der Waals surface area contributed by atoms with Crippen molar-refractivity contribution in [3.05, 3.63) is 38.9 Å². The Morgan fingerprint density at radius 3 is 2.52 bits per heavy atom. The second-order valence-corrected chi connectivity index (χ2v) is 7.55. The van der Waals surface area contributed by atoms with Gasteiger partial charge in [-0.15, -0.1) is 22.7 Å². The molecule has 2 aromatic heterocycles. The van der Waals surface area contributed by atoms with Crippen LogP contribution in [0.5, 0.6) is 0 Å². The number of carbonyl (C=O) groups is 1. The summed E-state index contributed by atoms with van der Waals surface area (Å²) < 4.78 is 0. The summed E-state index contributed by atoms with van der Waals surface area (Å²) in [5, 5.41) is 15.1. The van der Waals surface area contributed by atoms with Crippen LogP contribution in [-0.2, 0) is 4.79 Å². The second-order valence-electron chi connectivity index (χ2n) is 5.71. The maximum atomic E-state index is 11.7. The quantitative estimate of drug-likeness (QED) is 0.907. The first-order valence-electron chi connectivity index (χ1n) is 7.16. The number of hydrogen-bond acceptors (Lipinski definition) is 4. The lowest BCUT2D eigenvalue weighted by Gasteiger charge is -2.39. The minimum absolute atomic E-state index is 0.0343. The van der Waals surface area contributed by atoms with Crippen LogP contribution in [0, 0.1) is 19.8 Å². The van der Waals surface area contributed by atoms with Gasteiger partial charge >= 0.3 is 5.97 Å². The lowest BCUT2D eigenvalue weighted by atomic mass is 9.88. The van der Waals surface area contributed by atoms with Crippen molar-refractivity contribution in [1.82, 2.24) is 0 Å². The standard InChI is InChI=1S/C16H19NO2S2/c1-10-6-13(20-8-10)15-12(16(18)19)4-3-5-17(15)14-7-11(2)9-21-14/h6-9,12,15H,3-5H2,1-2H3,(H,18,19).